The summed E-state index contributed by atoms with van der Waals surface area (Å²) in [5.41, 5.74) is 1.01. The van der Waals surface area contributed by atoms with Crippen LogP contribution < -0.4 is 5.56 Å². The first-order valence-electron chi connectivity index (χ1n) is 8.57. The van der Waals surface area contributed by atoms with Gasteiger partial charge in [0.05, 0.1) is 5.69 Å². The van der Waals surface area contributed by atoms with Gasteiger partial charge >= 0.3 is 5.97 Å². The number of hydrogen-bond acceptors (Lipinski definition) is 5. The molecule has 1 aromatic heterocycles. The molecular weight excluding hydrogens is 318 g/mol. The fourth-order valence-electron chi connectivity index (χ4n) is 2.61. The average molecular weight is 343 g/mol. The van der Waals surface area contributed by atoms with E-state index in [4.69, 9.17) is 4.74 Å². The second kappa shape index (κ2) is 9.13. The number of carbonyl (C=O) groups is 1. The fourth-order valence-corrected chi connectivity index (χ4v) is 2.61. The van der Waals surface area contributed by atoms with Crippen molar-refractivity contribution in [3.05, 3.63) is 64.1 Å². The summed E-state index contributed by atoms with van der Waals surface area (Å²) in [6.07, 6.45) is 0. The third kappa shape index (κ3) is 5.00. The maximum Gasteiger partial charge on any atom is 0.335 e. The summed E-state index contributed by atoms with van der Waals surface area (Å²) >= 11 is 0. The molecular formula is C19H25N3O3. The number of aryl methyl sites for hydroxylation is 1. The van der Waals surface area contributed by atoms with Gasteiger partial charge in [-0.2, -0.15) is 5.10 Å². The van der Waals surface area contributed by atoms with Crippen molar-refractivity contribution in [1.29, 1.82) is 0 Å². The van der Waals surface area contributed by atoms with Gasteiger partial charge < -0.3 is 9.64 Å². The van der Waals surface area contributed by atoms with E-state index in [-0.39, 0.29) is 12.2 Å². The highest BCUT2D eigenvalue weighted by Crippen LogP contribution is 2.17. The highest BCUT2D eigenvalue weighted by molar-refractivity contribution is 5.78. The molecule has 1 atom stereocenters. The van der Waals surface area contributed by atoms with Gasteiger partial charge in [0.1, 0.15) is 6.61 Å². The summed E-state index contributed by atoms with van der Waals surface area (Å²) in [6, 6.07) is 11.3. The first kappa shape index (κ1) is 18.9. The van der Waals surface area contributed by atoms with Crippen LogP contribution in [0, 0.1) is 6.92 Å². The van der Waals surface area contributed by atoms with Crippen LogP contribution in [0.15, 0.2) is 47.3 Å². The lowest BCUT2D eigenvalue weighted by molar-refractivity contribution is -0.147. The van der Waals surface area contributed by atoms with E-state index < -0.39 is 12.0 Å². The van der Waals surface area contributed by atoms with Crippen molar-refractivity contribution in [3.8, 4) is 0 Å². The van der Waals surface area contributed by atoms with E-state index in [1.54, 1.807) is 25.1 Å². The minimum atomic E-state index is -0.884. The van der Waals surface area contributed by atoms with Crippen molar-refractivity contribution in [2.24, 2.45) is 0 Å². The summed E-state index contributed by atoms with van der Waals surface area (Å²) in [5.74, 6) is -0.474. The third-order valence-electron chi connectivity index (χ3n) is 4.09. The Labute approximate surface area is 148 Å². The molecule has 6 nitrogen and oxygen atoms in total. The molecule has 0 aliphatic heterocycles. The van der Waals surface area contributed by atoms with E-state index >= 15 is 0 Å². The van der Waals surface area contributed by atoms with Crippen molar-refractivity contribution < 1.29 is 9.53 Å². The van der Waals surface area contributed by atoms with Crippen LogP contribution in [0.5, 0.6) is 0 Å². The Morgan fingerprint density at radius 1 is 1.16 bits per heavy atom. The minimum Gasteiger partial charge on any atom is -0.462 e. The van der Waals surface area contributed by atoms with Gasteiger partial charge in [0, 0.05) is 12.6 Å². The van der Waals surface area contributed by atoms with Gasteiger partial charge in [-0.1, -0.05) is 44.2 Å². The van der Waals surface area contributed by atoms with Crippen LogP contribution >= 0.6 is 0 Å². The molecule has 6 heteroatoms. The van der Waals surface area contributed by atoms with Crippen molar-refractivity contribution in [2.45, 2.75) is 26.8 Å². The van der Waals surface area contributed by atoms with Crippen LogP contribution in [-0.2, 0) is 9.53 Å². The van der Waals surface area contributed by atoms with Crippen molar-refractivity contribution >= 4 is 5.97 Å². The van der Waals surface area contributed by atoms with Crippen LogP contribution in [0.25, 0.3) is 0 Å². The zero-order valence-electron chi connectivity index (χ0n) is 15.0. The first-order chi connectivity index (χ1) is 12.1. The molecule has 0 saturated heterocycles. The zero-order chi connectivity index (χ0) is 18.2. The maximum atomic E-state index is 12.7. The highest BCUT2D eigenvalue weighted by Gasteiger charge is 2.26. The monoisotopic (exact) mass is 343 g/mol. The number of benzene rings is 1. The van der Waals surface area contributed by atoms with Gasteiger partial charge in [-0.25, -0.2) is 9.48 Å². The van der Waals surface area contributed by atoms with Crippen LogP contribution in [0.3, 0.4) is 0 Å². The molecule has 0 fully saturated rings. The van der Waals surface area contributed by atoms with E-state index in [0.29, 0.717) is 17.8 Å². The molecule has 2 aromatic rings. The number of ether oxygens (including phenoxy) is 1. The zero-order valence-corrected chi connectivity index (χ0v) is 15.0. The van der Waals surface area contributed by atoms with Crippen molar-refractivity contribution in [2.75, 3.05) is 26.2 Å². The van der Waals surface area contributed by atoms with E-state index in [0.717, 1.165) is 13.1 Å². The van der Waals surface area contributed by atoms with Crippen molar-refractivity contribution in [1.82, 2.24) is 14.7 Å². The summed E-state index contributed by atoms with van der Waals surface area (Å²) in [4.78, 5) is 27.1. The number of nitrogens with zero attached hydrogens (tertiary/aromatic N) is 3. The maximum absolute atomic E-state index is 12.7. The quantitative estimate of drug-likeness (QED) is 0.686. The molecule has 25 heavy (non-hydrogen) atoms. The molecule has 0 aliphatic rings. The molecule has 1 aromatic carbocycles. The summed E-state index contributed by atoms with van der Waals surface area (Å²) in [6.45, 7) is 8.65. The number of carbonyl (C=O) groups excluding carboxylic acids is 1. The second-order valence-corrected chi connectivity index (χ2v) is 5.77. The molecule has 0 N–H and O–H groups in total. The van der Waals surface area contributed by atoms with Crippen LogP contribution in [0.2, 0.25) is 0 Å². The summed E-state index contributed by atoms with van der Waals surface area (Å²) < 4.78 is 6.66. The van der Waals surface area contributed by atoms with E-state index in [9.17, 15) is 9.59 Å². The van der Waals surface area contributed by atoms with Gasteiger partial charge in [-0.05, 0) is 31.6 Å². The third-order valence-corrected chi connectivity index (χ3v) is 4.09. The second-order valence-electron chi connectivity index (χ2n) is 5.77. The first-order valence-corrected chi connectivity index (χ1v) is 8.57. The molecule has 2 rings (SSSR count). The van der Waals surface area contributed by atoms with E-state index in [1.165, 1.54) is 10.7 Å². The number of hydrogen-bond donors (Lipinski definition) is 0. The Kier molecular flexibility index (Phi) is 6.89. The van der Waals surface area contributed by atoms with Gasteiger partial charge in [-0.15, -0.1) is 0 Å². The highest BCUT2D eigenvalue weighted by atomic mass is 16.5. The Morgan fingerprint density at radius 2 is 1.84 bits per heavy atom. The molecule has 0 bridgehead atoms. The fraction of sp³-hybridized carbons (Fsp3) is 0.421. The lowest BCUT2D eigenvalue weighted by Crippen LogP contribution is -2.35. The number of aromatic nitrogens is 2. The topological polar surface area (TPSA) is 64.4 Å². The Hall–Kier alpha value is -2.47. The standard InChI is InChI=1S/C19H25N3O3/c1-4-21(5-2)13-14-25-19(24)18(16-9-7-6-8-10-16)22-17(23)12-11-15(3)20-22/h6-12,18H,4-5,13-14H2,1-3H3. The normalized spacial score (nSPS) is 12.2. The Bertz CT molecular complexity index is 739. The molecule has 0 radical (unpaired) electrons. The Morgan fingerprint density at radius 3 is 2.48 bits per heavy atom. The molecule has 1 unspecified atom stereocenters. The largest absolute Gasteiger partial charge is 0.462 e. The number of likely N-dealkylation sites (N-methyl/N-ethyl adjacent to an activating group) is 1. The van der Waals surface area contributed by atoms with Gasteiger partial charge in [-0.3, -0.25) is 4.79 Å². The minimum absolute atomic E-state index is 0.282. The van der Waals surface area contributed by atoms with Crippen molar-refractivity contribution in [3.63, 3.8) is 0 Å². The molecule has 0 saturated carbocycles. The smallest absolute Gasteiger partial charge is 0.335 e. The summed E-state index contributed by atoms with van der Waals surface area (Å²) in [5, 5.41) is 4.24. The lowest BCUT2D eigenvalue weighted by atomic mass is 10.1. The summed E-state index contributed by atoms with van der Waals surface area (Å²) in [7, 11) is 0. The molecule has 0 spiro atoms. The predicted molar refractivity (Wildman–Crippen MR) is 96.6 cm³/mol. The van der Waals surface area contributed by atoms with Gasteiger partial charge in [0.15, 0.2) is 6.04 Å². The Balaban J connectivity index is 2.25. The van der Waals surface area contributed by atoms with E-state index in [2.05, 4.69) is 23.8 Å². The lowest BCUT2D eigenvalue weighted by Gasteiger charge is -2.21. The molecule has 0 amide bonds. The van der Waals surface area contributed by atoms with Crippen LogP contribution in [-0.4, -0.2) is 46.9 Å². The molecule has 1 heterocycles. The molecule has 0 aliphatic carbocycles. The van der Waals surface area contributed by atoms with Gasteiger partial charge in [0.25, 0.3) is 5.56 Å². The van der Waals surface area contributed by atoms with Gasteiger partial charge in [0.2, 0.25) is 0 Å². The number of rotatable bonds is 8. The van der Waals surface area contributed by atoms with E-state index in [1.807, 2.05) is 18.2 Å². The SMILES string of the molecule is CCN(CC)CCOC(=O)C(c1ccccc1)n1nc(C)ccc1=O. The predicted octanol–water partition coefficient (Wildman–Crippen LogP) is 2.03. The van der Waals surface area contributed by atoms with Crippen LogP contribution in [0.1, 0.15) is 31.1 Å². The number of esters is 1. The molecule has 134 valence electrons. The van der Waals surface area contributed by atoms with Crippen LogP contribution in [0.4, 0.5) is 0 Å². The average Bonchev–Trinajstić information content (AvgIpc) is 2.63.